The van der Waals surface area contributed by atoms with Gasteiger partial charge in [-0.25, -0.2) is 4.39 Å². The lowest BCUT2D eigenvalue weighted by molar-refractivity contribution is -0.274. The number of nitrogens with two attached hydrogens (primary N) is 1. The molecule has 23 heavy (non-hydrogen) atoms. The van der Waals surface area contributed by atoms with Gasteiger partial charge in [0.15, 0.2) is 11.6 Å². The second-order valence-corrected chi connectivity index (χ2v) is 5.37. The van der Waals surface area contributed by atoms with Crippen molar-refractivity contribution in [1.82, 2.24) is 0 Å². The minimum atomic E-state index is -4.83. The topological polar surface area (TPSA) is 55.5 Å². The summed E-state index contributed by atoms with van der Waals surface area (Å²) in [5, 5.41) is 9.65. The quantitative estimate of drug-likeness (QED) is 0.596. The molecule has 9 heteroatoms. The van der Waals surface area contributed by atoms with Gasteiger partial charge in [-0.15, -0.1) is 13.2 Å². The Morgan fingerprint density at radius 2 is 1.65 bits per heavy atom. The van der Waals surface area contributed by atoms with E-state index in [4.69, 9.17) is 5.73 Å². The van der Waals surface area contributed by atoms with E-state index in [-0.39, 0.29) is 15.6 Å². The van der Waals surface area contributed by atoms with Crippen molar-refractivity contribution < 1.29 is 31.8 Å². The van der Waals surface area contributed by atoms with E-state index in [9.17, 15) is 27.1 Å². The predicted octanol–water partition coefficient (Wildman–Crippen LogP) is 4.38. The third-order valence-corrected chi connectivity index (χ3v) is 3.55. The van der Waals surface area contributed by atoms with Gasteiger partial charge in [0, 0.05) is 5.56 Å². The summed E-state index contributed by atoms with van der Waals surface area (Å²) in [4.78, 5) is 0. The van der Waals surface area contributed by atoms with Gasteiger partial charge in [0.2, 0.25) is 5.82 Å². The molecule has 0 aliphatic carbocycles. The highest BCUT2D eigenvalue weighted by molar-refractivity contribution is 9.10. The summed E-state index contributed by atoms with van der Waals surface area (Å²) in [6.45, 7) is 0. The summed E-state index contributed by atoms with van der Waals surface area (Å²) in [6, 6.07) is 4.50. The molecule has 124 valence electrons. The van der Waals surface area contributed by atoms with Gasteiger partial charge in [-0.3, -0.25) is 0 Å². The zero-order valence-electron chi connectivity index (χ0n) is 11.2. The van der Waals surface area contributed by atoms with Crippen LogP contribution in [0.4, 0.5) is 22.0 Å². The van der Waals surface area contributed by atoms with Crippen LogP contribution in [0.2, 0.25) is 0 Å². The molecule has 2 rings (SSSR count). The van der Waals surface area contributed by atoms with E-state index in [1.54, 1.807) is 0 Å². The van der Waals surface area contributed by atoms with Crippen molar-refractivity contribution in [2.75, 3.05) is 0 Å². The first-order chi connectivity index (χ1) is 10.6. The second-order valence-electron chi connectivity index (χ2n) is 4.52. The van der Waals surface area contributed by atoms with E-state index >= 15 is 0 Å². The van der Waals surface area contributed by atoms with Crippen molar-refractivity contribution in [3.05, 3.63) is 57.6 Å². The molecule has 0 radical (unpaired) electrons. The molecule has 0 aromatic heterocycles. The number of phenolic OH excluding ortho intramolecular Hbond substituents is 1. The molecule has 0 aliphatic heterocycles. The van der Waals surface area contributed by atoms with E-state index < -0.39 is 35.5 Å². The van der Waals surface area contributed by atoms with Gasteiger partial charge in [-0.1, -0.05) is 12.1 Å². The molecule has 0 unspecified atom stereocenters. The largest absolute Gasteiger partial charge is 0.573 e. The Bertz CT molecular complexity index is 719. The van der Waals surface area contributed by atoms with Crippen LogP contribution in [0.3, 0.4) is 0 Å². The van der Waals surface area contributed by atoms with E-state index in [0.29, 0.717) is 0 Å². The Labute approximate surface area is 135 Å². The Hall–Kier alpha value is -1.87. The fourth-order valence-corrected chi connectivity index (χ4v) is 2.32. The monoisotopic (exact) mass is 397 g/mol. The molecule has 2 aromatic carbocycles. The molecule has 3 nitrogen and oxygen atoms in total. The molecule has 1 atom stereocenters. The van der Waals surface area contributed by atoms with Crippen molar-refractivity contribution in [2.24, 2.45) is 5.73 Å². The number of alkyl halides is 3. The Kier molecular flexibility index (Phi) is 4.81. The minimum Gasteiger partial charge on any atom is -0.505 e. The van der Waals surface area contributed by atoms with Gasteiger partial charge >= 0.3 is 6.36 Å². The molecule has 0 saturated heterocycles. The summed E-state index contributed by atoms with van der Waals surface area (Å²) in [6.07, 6.45) is -4.83. The van der Waals surface area contributed by atoms with Gasteiger partial charge in [-0.2, -0.15) is 4.39 Å². The van der Waals surface area contributed by atoms with E-state index in [1.807, 2.05) is 0 Å². The summed E-state index contributed by atoms with van der Waals surface area (Å²) in [5.74, 6) is -4.16. The minimum absolute atomic E-state index is 0.125. The number of aromatic hydroxyl groups is 1. The van der Waals surface area contributed by atoms with Crippen LogP contribution in [-0.4, -0.2) is 11.5 Å². The van der Waals surface area contributed by atoms with Crippen LogP contribution >= 0.6 is 15.9 Å². The zero-order chi connectivity index (χ0) is 17.4. The van der Waals surface area contributed by atoms with Gasteiger partial charge in [0.25, 0.3) is 0 Å². The predicted molar refractivity (Wildman–Crippen MR) is 74.9 cm³/mol. The number of hydrogen-bond acceptors (Lipinski definition) is 3. The third-order valence-electron chi connectivity index (χ3n) is 2.97. The highest BCUT2D eigenvalue weighted by atomic mass is 79.9. The highest BCUT2D eigenvalue weighted by Gasteiger charge is 2.31. The van der Waals surface area contributed by atoms with Crippen LogP contribution in [0.25, 0.3) is 0 Å². The van der Waals surface area contributed by atoms with Gasteiger partial charge in [0.05, 0.1) is 10.5 Å². The molecule has 0 bridgehead atoms. The van der Waals surface area contributed by atoms with Crippen LogP contribution in [0.15, 0.2) is 34.8 Å². The summed E-state index contributed by atoms with van der Waals surface area (Å²) in [5.41, 5.74) is 6.00. The lowest BCUT2D eigenvalue weighted by Gasteiger charge is -2.16. The summed E-state index contributed by atoms with van der Waals surface area (Å²) < 4.78 is 66.5. The number of ether oxygens (including phenoxy) is 1. The van der Waals surface area contributed by atoms with Gasteiger partial charge in [-0.05, 0) is 39.7 Å². The van der Waals surface area contributed by atoms with Crippen molar-refractivity contribution in [1.29, 1.82) is 0 Å². The van der Waals surface area contributed by atoms with Crippen LogP contribution in [0.5, 0.6) is 11.5 Å². The molecule has 0 saturated carbocycles. The Morgan fingerprint density at radius 3 is 2.17 bits per heavy atom. The maximum Gasteiger partial charge on any atom is 0.573 e. The molecule has 0 fully saturated rings. The normalized spacial score (nSPS) is 13.0. The molecule has 0 spiro atoms. The number of hydrogen-bond donors (Lipinski definition) is 2. The lowest BCUT2D eigenvalue weighted by Crippen LogP contribution is -2.17. The molecule has 0 amide bonds. The van der Waals surface area contributed by atoms with Crippen molar-refractivity contribution in [2.45, 2.75) is 12.4 Å². The van der Waals surface area contributed by atoms with Crippen LogP contribution in [-0.2, 0) is 0 Å². The van der Waals surface area contributed by atoms with Gasteiger partial charge < -0.3 is 15.6 Å². The average molecular weight is 398 g/mol. The Morgan fingerprint density at radius 1 is 1.09 bits per heavy atom. The van der Waals surface area contributed by atoms with Crippen LogP contribution in [0.1, 0.15) is 17.2 Å². The molecule has 0 aliphatic rings. The van der Waals surface area contributed by atoms with E-state index in [0.717, 1.165) is 18.2 Å². The van der Waals surface area contributed by atoms with E-state index in [1.165, 1.54) is 12.1 Å². The van der Waals surface area contributed by atoms with Crippen LogP contribution < -0.4 is 10.5 Å². The first-order valence-electron chi connectivity index (χ1n) is 6.08. The van der Waals surface area contributed by atoms with Crippen LogP contribution in [0, 0.1) is 11.6 Å². The second kappa shape index (κ2) is 6.32. The molecule has 0 heterocycles. The Balaban J connectivity index is 2.33. The third kappa shape index (κ3) is 3.91. The molecule has 2 aromatic rings. The first-order valence-corrected chi connectivity index (χ1v) is 6.87. The SMILES string of the molecule is N[C@H](c1ccc(OC(F)(F)F)cc1)c1cc(Br)c(F)c(F)c1O. The lowest BCUT2D eigenvalue weighted by atomic mass is 9.98. The molecular weight excluding hydrogens is 389 g/mol. The smallest absolute Gasteiger partial charge is 0.505 e. The zero-order valence-corrected chi connectivity index (χ0v) is 12.8. The van der Waals surface area contributed by atoms with E-state index in [2.05, 4.69) is 20.7 Å². The maximum absolute atomic E-state index is 13.5. The van der Waals surface area contributed by atoms with Crippen molar-refractivity contribution in [3.8, 4) is 11.5 Å². The highest BCUT2D eigenvalue weighted by Crippen LogP contribution is 2.35. The van der Waals surface area contributed by atoms with Crippen molar-refractivity contribution >= 4 is 15.9 Å². The number of benzene rings is 2. The molecule has 3 N–H and O–H groups in total. The summed E-state index contributed by atoms with van der Waals surface area (Å²) >= 11 is 2.79. The van der Waals surface area contributed by atoms with Crippen molar-refractivity contribution in [3.63, 3.8) is 0 Å². The number of phenols is 1. The van der Waals surface area contributed by atoms with Gasteiger partial charge in [0.1, 0.15) is 5.75 Å². The maximum atomic E-state index is 13.5. The number of rotatable bonds is 3. The first kappa shape index (κ1) is 17.5. The fourth-order valence-electron chi connectivity index (χ4n) is 1.90. The number of halogens is 6. The fraction of sp³-hybridized carbons (Fsp3) is 0.143. The average Bonchev–Trinajstić information content (AvgIpc) is 2.47. The summed E-state index contributed by atoms with van der Waals surface area (Å²) in [7, 11) is 0. The standard InChI is InChI=1S/C14H9BrF5NO2/c15-9-5-8(13(22)11(17)10(9)16)12(21)6-1-3-7(4-2-6)23-14(18,19)20/h1-5,12,22H,21H2/t12-/m1/s1. The molecular formula is C14H9BrF5NO2.